The first-order chi connectivity index (χ1) is 15.6. The lowest BCUT2D eigenvalue weighted by Crippen LogP contribution is -2.48. The molecule has 2 amide bonds. The molecule has 5 rings (SSSR count). The summed E-state index contributed by atoms with van der Waals surface area (Å²) in [6.07, 6.45) is 5.04. The summed E-state index contributed by atoms with van der Waals surface area (Å²) in [5.74, 6) is 0.678. The van der Waals surface area contributed by atoms with Crippen LogP contribution in [0.25, 0.3) is 11.2 Å². The van der Waals surface area contributed by atoms with E-state index in [-0.39, 0.29) is 29.5 Å². The van der Waals surface area contributed by atoms with Crippen LogP contribution in [0.1, 0.15) is 47.8 Å². The van der Waals surface area contributed by atoms with Crippen LogP contribution in [0.2, 0.25) is 0 Å². The molecule has 7 nitrogen and oxygen atoms in total. The van der Waals surface area contributed by atoms with E-state index < -0.39 is 0 Å². The molecule has 2 aliphatic heterocycles. The number of hydrogen-bond acceptors (Lipinski definition) is 4. The maximum atomic E-state index is 13.2. The summed E-state index contributed by atoms with van der Waals surface area (Å²) < 4.78 is 13.2. The Morgan fingerprint density at radius 1 is 1.00 bits per heavy atom. The highest BCUT2D eigenvalue weighted by Crippen LogP contribution is 2.29. The number of amides is 2. The van der Waals surface area contributed by atoms with Crippen LogP contribution in [-0.4, -0.2) is 62.7 Å². The fraction of sp³-hybridized carbons (Fsp3) is 0.417. The Morgan fingerprint density at radius 2 is 1.78 bits per heavy atom. The van der Waals surface area contributed by atoms with E-state index in [1.165, 1.54) is 24.3 Å². The van der Waals surface area contributed by atoms with E-state index in [0.717, 1.165) is 42.7 Å². The fourth-order valence-corrected chi connectivity index (χ4v) is 4.83. The van der Waals surface area contributed by atoms with E-state index in [1.807, 2.05) is 17.0 Å². The average Bonchev–Trinajstić information content (AvgIpc) is 3.28. The average molecular weight is 436 g/mol. The number of nitrogens with one attached hydrogen (secondary N) is 1. The van der Waals surface area contributed by atoms with Gasteiger partial charge in [0, 0.05) is 43.9 Å². The summed E-state index contributed by atoms with van der Waals surface area (Å²) in [6, 6.07) is 9.45. The number of halogens is 1. The first-order valence-electron chi connectivity index (χ1n) is 11.2. The second kappa shape index (κ2) is 8.68. The largest absolute Gasteiger partial charge is 0.342 e. The molecule has 1 N–H and O–H groups in total. The first kappa shape index (κ1) is 20.6. The second-order valence-electron chi connectivity index (χ2n) is 8.69. The number of pyridine rings is 1. The zero-order valence-electron chi connectivity index (χ0n) is 17.8. The summed E-state index contributed by atoms with van der Waals surface area (Å²) in [6.45, 7) is 2.43. The van der Waals surface area contributed by atoms with Crippen LogP contribution in [0.3, 0.4) is 0 Å². The Balaban J connectivity index is 1.19. The maximum absolute atomic E-state index is 13.2. The molecule has 166 valence electrons. The molecule has 0 radical (unpaired) electrons. The van der Waals surface area contributed by atoms with E-state index >= 15 is 0 Å². The van der Waals surface area contributed by atoms with Crippen molar-refractivity contribution >= 4 is 23.0 Å². The third-order valence-corrected chi connectivity index (χ3v) is 6.62. The lowest BCUT2D eigenvalue weighted by molar-refractivity contribution is -0.138. The van der Waals surface area contributed by atoms with Crippen LogP contribution in [-0.2, 0) is 4.79 Å². The molecular weight excluding hydrogens is 409 g/mol. The fourth-order valence-electron chi connectivity index (χ4n) is 4.83. The zero-order chi connectivity index (χ0) is 22.1. The number of benzene rings is 1. The molecule has 0 bridgehead atoms. The van der Waals surface area contributed by atoms with Gasteiger partial charge in [-0.2, -0.15) is 0 Å². The van der Waals surface area contributed by atoms with Crippen molar-refractivity contribution in [3.05, 3.63) is 59.8 Å². The van der Waals surface area contributed by atoms with Crippen molar-refractivity contribution in [1.82, 2.24) is 24.8 Å². The molecule has 2 aliphatic rings. The number of fused-ring (bicyclic) bond motifs is 1. The van der Waals surface area contributed by atoms with Gasteiger partial charge in [0.1, 0.15) is 11.6 Å². The van der Waals surface area contributed by atoms with E-state index in [2.05, 4.69) is 15.0 Å². The van der Waals surface area contributed by atoms with Crippen LogP contribution in [0.15, 0.2) is 42.6 Å². The minimum atomic E-state index is -0.365. The van der Waals surface area contributed by atoms with Gasteiger partial charge in [-0.1, -0.05) is 0 Å². The molecule has 3 aromatic rings. The van der Waals surface area contributed by atoms with E-state index in [9.17, 15) is 14.0 Å². The van der Waals surface area contributed by atoms with Crippen molar-refractivity contribution in [2.75, 3.05) is 26.2 Å². The number of aromatic nitrogens is 3. The van der Waals surface area contributed by atoms with E-state index in [1.54, 1.807) is 11.1 Å². The number of carbonyl (C=O) groups is 2. The van der Waals surface area contributed by atoms with Gasteiger partial charge in [0.25, 0.3) is 5.91 Å². The van der Waals surface area contributed by atoms with Crippen LogP contribution in [0, 0.1) is 11.7 Å². The molecule has 1 atom stereocenters. The molecule has 32 heavy (non-hydrogen) atoms. The van der Waals surface area contributed by atoms with Crippen molar-refractivity contribution < 1.29 is 14.0 Å². The molecule has 0 spiro atoms. The van der Waals surface area contributed by atoms with Gasteiger partial charge in [0.2, 0.25) is 5.91 Å². The third-order valence-electron chi connectivity index (χ3n) is 6.62. The lowest BCUT2D eigenvalue weighted by Gasteiger charge is -2.37. The molecule has 2 aromatic heterocycles. The van der Waals surface area contributed by atoms with Crippen molar-refractivity contribution in [1.29, 1.82) is 0 Å². The second-order valence-corrected chi connectivity index (χ2v) is 8.69. The number of rotatable bonds is 3. The molecule has 1 unspecified atom stereocenters. The highest BCUT2D eigenvalue weighted by atomic mass is 19.1. The predicted octanol–water partition coefficient (Wildman–Crippen LogP) is 3.36. The van der Waals surface area contributed by atoms with Crippen molar-refractivity contribution in [2.45, 2.75) is 31.6 Å². The quantitative estimate of drug-likeness (QED) is 0.684. The minimum absolute atomic E-state index is 0.131. The number of aromatic amines is 1. The highest BCUT2D eigenvalue weighted by molar-refractivity contribution is 5.94. The van der Waals surface area contributed by atoms with Gasteiger partial charge in [-0.25, -0.2) is 14.4 Å². The Labute approximate surface area is 185 Å². The number of hydrogen-bond donors (Lipinski definition) is 1. The van der Waals surface area contributed by atoms with Gasteiger partial charge in [-0.3, -0.25) is 9.59 Å². The monoisotopic (exact) mass is 435 g/mol. The smallest absolute Gasteiger partial charge is 0.253 e. The number of carbonyl (C=O) groups excluding carboxylic acids is 2. The summed E-state index contributed by atoms with van der Waals surface area (Å²) in [5, 5.41) is 0. The normalized spacial score (nSPS) is 20.0. The van der Waals surface area contributed by atoms with Gasteiger partial charge >= 0.3 is 0 Å². The molecule has 2 saturated heterocycles. The molecule has 2 fully saturated rings. The molecular formula is C24H26FN5O2. The number of piperidine rings is 2. The first-order valence-corrected chi connectivity index (χ1v) is 11.2. The Kier molecular flexibility index (Phi) is 5.59. The molecule has 0 aliphatic carbocycles. The van der Waals surface area contributed by atoms with Gasteiger partial charge in [-0.05, 0) is 62.1 Å². The Morgan fingerprint density at radius 3 is 2.53 bits per heavy atom. The summed E-state index contributed by atoms with van der Waals surface area (Å²) in [7, 11) is 0. The number of imidazole rings is 1. The SMILES string of the molecule is O=C(c1ccc(F)cc1)N1CCCC(C(=O)N2CCC(c3nc4ncccc4[nH]3)CC2)C1. The molecule has 0 saturated carbocycles. The number of nitrogens with zero attached hydrogens (tertiary/aromatic N) is 4. The van der Waals surface area contributed by atoms with Gasteiger partial charge < -0.3 is 14.8 Å². The minimum Gasteiger partial charge on any atom is -0.342 e. The van der Waals surface area contributed by atoms with E-state index in [0.29, 0.717) is 31.7 Å². The van der Waals surface area contributed by atoms with Crippen LogP contribution >= 0.6 is 0 Å². The molecule has 8 heteroatoms. The number of likely N-dealkylation sites (tertiary alicyclic amines) is 2. The van der Waals surface area contributed by atoms with Crippen molar-refractivity contribution in [2.24, 2.45) is 5.92 Å². The summed E-state index contributed by atoms with van der Waals surface area (Å²) >= 11 is 0. The third kappa shape index (κ3) is 4.09. The number of H-pyrrole nitrogens is 1. The topological polar surface area (TPSA) is 82.2 Å². The van der Waals surface area contributed by atoms with Crippen LogP contribution in [0.5, 0.6) is 0 Å². The standard InChI is InChI=1S/C24H26FN5O2/c25-19-7-5-17(6-8-19)23(31)30-12-2-3-18(15-30)24(32)29-13-9-16(10-14-29)21-27-20-4-1-11-26-22(20)28-21/h1,4-8,11,16,18H,2-3,9-10,12-15H2,(H,26,27,28). The summed E-state index contributed by atoms with van der Waals surface area (Å²) in [5.41, 5.74) is 2.13. The Bertz CT molecular complexity index is 1090. The van der Waals surface area contributed by atoms with Crippen LogP contribution in [0.4, 0.5) is 4.39 Å². The lowest BCUT2D eigenvalue weighted by atomic mass is 9.92. The van der Waals surface area contributed by atoms with Crippen LogP contribution < -0.4 is 0 Å². The summed E-state index contributed by atoms with van der Waals surface area (Å²) in [4.78, 5) is 41.9. The van der Waals surface area contributed by atoms with Gasteiger partial charge in [0.15, 0.2) is 5.65 Å². The Hall–Kier alpha value is -3.29. The van der Waals surface area contributed by atoms with E-state index in [4.69, 9.17) is 0 Å². The van der Waals surface area contributed by atoms with Gasteiger partial charge in [0.05, 0.1) is 11.4 Å². The zero-order valence-corrected chi connectivity index (χ0v) is 17.8. The van der Waals surface area contributed by atoms with Crippen molar-refractivity contribution in [3.63, 3.8) is 0 Å². The van der Waals surface area contributed by atoms with Crippen molar-refractivity contribution in [3.8, 4) is 0 Å². The highest BCUT2D eigenvalue weighted by Gasteiger charge is 2.34. The molecule has 4 heterocycles. The predicted molar refractivity (Wildman–Crippen MR) is 117 cm³/mol. The van der Waals surface area contributed by atoms with Gasteiger partial charge in [-0.15, -0.1) is 0 Å². The maximum Gasteiger partial charge on any atom is 0.253 e. The molecule has 1 aromatic carbocycles.